The summed E-state index contributed by atoms with van der Waals surface area (Å²) in [4.78, 5) is 8.20. The lowest BCUT2D eigenvalue weighted by Gasteiger charge is -1.98. The molecule has 3 aromatic carbocycles. The third-order valence-electron chi connectivity index (χ3n) is 4.80. The Morgan fingerprint density at radius 1 is 0.613 bits per heavy atom. The van der Waals surface area contributed by atoms with Gasteiger partial charge in [-0.1, -0.05) is 91.0 Å². The van der Waals surface area contributed by atoms with Crippen LogP contribution in [-0.2, 0) is 0 Å². The number of nitrogens with one attached hydrogen (secondary N) is 1. The van der Waals surface area contributed by atoms with Crippen molar-refractivity contribution in [3.63, 3.8) is 0 Å². The highest BCUT2D eigenvalue weighted by molar-refractivity contribution is 5.78. The third-order valence-corrected chi connectivity index (χ3v) is 4.80. The van der Waals surface area contributed by atoms with Crippen molar-refractivity contribution in [2.45, 2.75) is 0 Å². The molecule has 3 nitrogen and oxygen atoms in total. The second kappa shape index (κ2) is 10.1. The molecule has 4 rings (SSSR count). The molecule has 0 aliphatic carbocycles. The Morgan fingerprint density at radius 2 is 1.16 bits per heavy atom. The molecule has 0 radical (unpaired) electrons. The second-order valence-corrected chi connectivity index (χ2v) is 7.02. The Hall–Kier alpha value is -4.11. The normalized spacial score (nSPS) is 11.6. The fourth-order valence-corrected chi connectivity index (χ4v) is 3.13. The zero-order valence-corrected chi connectivity index (χ0v) is 17.4. The summed E-state index contributed by atoms with van der Waals surface area (Å²) in [5.41, 5.74) is 5.22. The SMILES string of the molecule is COc1ccc(/C=C/c2nc(/C=C/c3ccccc3)c(/C=C/c3ccccc3)[nH]2)cc1. The van der Waals surface area contributed by atoms with Gasteiger partial charge in [0.25, 0.3) is 0 Å². The van der Waals surface area contributed by atoms with Crippen LogP contribution in [0.3, 0.4) is 0 Å². The van der Waals surface area contributed by atoms with E-state index in [-0.39, 0.29) is 0 Å². The molecule has 0 aliphatic rings. The predicted molar refractivity (Wildman–Crippen MR) is 131 cm³/mol. The molecule has 0 unspecified atom stereocenters. The number of hydrogen-bond donors (Lipinski definition) is 1. The molecule has 0 fully saturated rings. The van der Waals surface area contributed by atoms with E-state index < -0.39 is 0 Å². The van der Waals surface area contributed by atoms with Crippen LogP contribution in [0.4, 0.5) is 0 Å². The molecule has 0 amide bonds. The van der Waals surface area contributed by atoms with Crippen molar-refractivity contribution in [1.29, 1.82) is 0 Å². The lowest BCUT2D eigenvalue weighted by Crippen LogP contribution is -1.81. The molecule has 0 saturated heterocycles. The minimum atomic E-state index is 0.802. The quantitative estimate of drug-likeness (QED) is 0.363. The van der Waals surface area contributed by atoms with Gasteiger partial charge in [0.2, 0.25) is 0 Å². The molecule has 0 saturated carbocycles. The van der Waals surface area contributed by atoms with Crippen LogP contribution < -0.4 is 4.74 Å². The van der Waals surface area contributed by atoms with Gasteiger partial charge >= 0.3 is 0 Å². The maximum absolute atomic E-state index is 5.22. The van der Waals surface area contributed by atoms with Crippen molar-refractivity contribution in [1.82, 2.24) is 9.97 Å². The van der Waals surface area contributed by atoms with Crippen molar-refractivity contribution < 1.29 is 4.74 Å². The van der Waals surface area contributed by atoms with Gasteiger partial charge in [-0.2, -0.15) is 0 Å². The number of benzene rings is 3. The molecule has 3 heteroatoms. The molecule has 1 aromatic heterocycles. The molecule has 0 atom stereocenters. The van der Waals surface area contributed by atoms with Crippen molar-refractivity contribution in [3.8, 4) is 5.75 Å². The smallest absolute Gasteiger partial charge is 0.131 e. The number of ether oxygens (including phenoxy) is 1. The number of nitrogens with zero attached hydrogens (tertiary/aromatic N) is 1. The molecule has 31 heavy (non-hydrogen) atoms. The molecule has 1 N–H and O–H groups in total. The summed E-state index contributed by atoms with van der Waals surface area (Å²) in [5, 5.41) is 0. The van der Waals surface area contributed by atoms with Crippen molar-refractivity contribution >= 4 is 36.5 Å². The molecular formula is C28H24N2O. The van der Waals surface area contributed by atoms with E-state index in [0.717, 1.165) is 39.7 Å². The lowest BCUT2D eigenvalue weighted by molar-refractivity contribution is 0.415. The molecule has 4 aromatic rings. The fourth-order valence-electron chi connectivity index (χ4n) is 3.13. The van der Waals surface area contributed by atoms with Gasteiger partial charge in [-0.15, -0.1) is 0 Å². The maximum atomic E-state index is 5.22. The Balaban J connectivity index is 1.61. The minimum Gasteiger partial charge on any atom is -0.497 e. The summed E-state index contributed by atoms with van der Waals surface area (Å²) in [6.07, 6.45) is 12.3. The van der Waals surface area contributed by atoms with Crippen molar-refractivity contribution in [3.05, 3.63) is 119 Å². The molecule has 152 valence electrons. The first kappa shape index (κ1) is 20.2. The average Bonchev–Trinajstić information content (AvgIpc) is 3.23. The number of imidazole rings is 1. The molecule has 1 heterocycles. The summed E-state index contributed by atoms with van der Waals surface area (Å²) in [5.74, 6) is 1.65. The van der Waals surface area contributed by atoms with Crippen LogP contribution in [0.15, 0.2) is 84.9 Å². The highest BCUT2D eigenvalue weighted by atomic mass is 16.5. The van der Waals surface area contributed by atoms with Gasteiger partial charge in [0.15, 0.2) is 0 Å². The van der Waals surface area contributed by atoms with Crippen LogP contribution >= 0.6 is 0 Å². The van der Waals surface area contributed by atoms with Crippen LogP contribution in [-0.4, -0.2) is 17.1 Å². The van der Waals surface area contributed by atoms with E-state index in [1.54, 1.807) is 7.11 Å². The minimum absolute atomic E-state index is 0.802. The predicted octanol–water partition coefficient (Wildman–Crippen LogP) is 6.93. The Labute approximate surface area is 183 Å². The van der Waals surface area contributed by atoms with Crippen molar-refractivity contribution in [2.24, 2.45) is 0 Å². The Bertz CT molecular complexity index is 1120. The fraction of sp³-hybridized carbons (Fsp3) is 0.0357. The van der Waals surface area contributed by atoms with Crippen LogP contribution in [0.25, 0.3) is 36.5 Å². The Morgan fingerprint density at radius 3 is 1.77 bits per heavy atom. The first-order valence-electron chi connectivity index (χ1n) is 10.2. The number of methoxy groups -OCH3 is 1. The van der Waals surface area contributed by atoms with E-state index in [1.807, 2.05) is 78.9 Å². The zero-order chi connectivity index (χ0) is 21.3. The number of rotatable bonds is 7. The van der Waals surface area contributed by atoms with E-state index >= 15 is 0 Å². The van der Waals surface area contributed by atoms with Crippen LogP contribution in [0.1, 0.15) is 33.9 Å². The van der Waals surface area contributed by atoms with Gasteiger partial charge in [0, 0.05) is 0 Å². The maximum Gasteiger partial charge on any atom is 0.131 e. The standard InChI is InChI=1S/C28H24N2O/c1-31-25-17-12-24(13-18-25)16-21-28-29-26(19-14-22-8-4-2-5-9-22)27(30-28)20-15-23-10-6-3-7-11-23/h2-21H,1H3,(H,29,30)/b19-14+,20-15+,21-16+. The van der Waals surface area contributed by atoms with Crippen LogP contribution in [0, 0.1) is 0 Å². The van der Waals surface area contributed by atoms with Crippen molar-refractivity contribution in [2.75, 3.05) is 7.11 Å². The number of aromatic nitrogens is 2. The van der Waals surface area contributed by atoms with E-state index in [2.05, 4.69) is 47.5 Å². The number of hydrogen-bond acceptors (Lipinski definition) is 2. The second-order valence-electron chi connectivity index (χ2n) is 7.02. The van der Waals surface area contributed by atoms with E-state index in [9.17, 15) is 0 Å². The number of aromatic amines is 1. The summed E-state index contributed by atoms with van der Waals surface area (Å²) in [6, 6.07) is 28.4. The van der Waals surface area contributed by atoms with Gasteiger partial charge in [0.1, 0.15) is 11.6 Å². The van der Waals surface area contributed by atoms with Crippen LogP contribution in [0.5, 0.6) is 5.75 Å². The van der Waals surface area contributed by atoms with Crippen LogP contribution in [0.2, 0.25) is 0 Å². The molecule has 0 spiro atoms. The zero-order valence-electron chi connectivity index (χ0n) is 17.4. The van der Waals surface area contributed by atoms with Gasteiger partial charge in [-0.05, 0) is 47.1 Å². The lowest BCUT2D eigenvalue weighted by atomic mass is 10.1. The highest BCUT2D eigenvalue weighted by Gasteiger charge is 2.04. The van der Waals surface area contributed by atoms with Gasteiger partial charge in [-0.25, -0.2) is 4.98 Å². The summed E-state index contributed by atoms with van der Waals surface area (Å²) in [6.45, 7) is 0. The molecule has 0 bridgehead atoms. The summed E-state index contributed by atoms with van der Waals surface area (Å²) in [7, 11) is 1.67. The topological polar surface area (TPSA) is 37.9 Å². The molecule has 0 aliphatic heterocycles. The summed E-state index contributed by atoms with van der Waals surface area (Å²) >= 11 is 0. The first-order chi connectivity index (χ1) is 15.3. The van der Waals surface area contributed by atoms with Gasteiger partial charge in [0.05, 0.1) is 18.5 Å². The van der Waals surface area contributed by atoms with E-state index in [1.165, 1.54) is 0 Å². The molecular weight excluding hydrogens is 380 g/mol. The van der Waals surface area contributed by atoms with E-state index in [4.69, 9.17) is 9.72 Å². The van der Waals surface area contributed by atoms with Gasteiger partial charge < -0.3 is 9.72 Å². The Kier molecular flexibility index (Phi) is 6.56. The number of H-pyrrole nitrogens is 1. The monoisotopic (exact) mass is 404 g/mol. The largest absolute Gasteiger partial charge is 0.497 e. The summed E-state index contributed by atoms with van der Waals surface area (Å²) < 4.78 is 5.22. The highest BCUT2D eigenvalue weighted by Crippen LogP contribution is 2.17. The van der Waals surface area contributed by atoms with Gasteiger partial charge in [-0.3, -0.25) is 0 Å². The first-order valence-corrected chi connectivity index (χ1v) is 10.2. The average molecular weight is 405 g/mol. The third kappa shape index (κ3) is 5.71. The van der Waals surface area contributed by atoms with E-state index in [0.29, 0.717) is 0 Å².